The van der Waals surface area contributed by atoms with Crippen LogP contribution in [0.25, 0.3) is 0 Å². The standard InChI is InChI=1S/C18H24ClN3O2/c1-4-23-9-7-15-5-6-16(13(2)11-15)24-10-8-20-18-17(19)14(3)21-12-22-18/h5-6,11-12H,4,7-10H2,1-3H3,(H,20,21,22). The van der Waals surface area contributed by atoms with Gasteiger partial charge in [0.15, 0.2) is 0 Å². The normalized spacial score (nSPS) is 10.7. The van der Waals surface area contributed by atoms with Crippen molar-refractivity contribution in [2.24, 2.45) is 0 Å². The van der Waals surface area contributed by atoms with E-state index in [0.717, 1.165) is 36.6 Å². The first-order chi connectivity index (χ1) is 11.6. The topological polar surface area (TPSA) is 56.3 Å². The lowest BCUT2D eigenvalue weighted by Gasteiger charge is -2.12. The van der Waals surface area contributed by atoms with Crippen molar-refractivity contribution in [2.45, 2.75) is 27.2 Å². The van der Waals surface area contributed by atoms with Crippen LogP contribution in [-0.2, 0) is 11.2 Å². The second-order valence-electron chi connectivity index (χ2n) is 5.44. The lowest BCUT2D eigenvalue weighted by Crippen LogP contribution is -2.13. The fraction of sp³-hybridized carbons (Fsp3) is 0.444. The van der Waals surface area contributed by atoms with E-state index in [1.165, 1.54) is 11.9 Å². The summed E-state index contributed by atoms with van der Waals surface area (Å²) in [5.74, 6) is 1.53. The Hall–Kier alpha value is -1.85. The highest BCUT2D eigenvalue weighted by molar-refractivity contribution is 6.33. The van der Waals surface area contributed by atoms with Crippen molar-refractivity contribution in [1.82, 2.24) is 9.97 Å². The Labute approximate surface area is 148 Å². The maximum atomic E-state index is 6.15. The number of hydrogen-bond acceptors (Lipinski definition) is 5. The molecule has 0 atom stereocenters. The lowest BCUT2D eigenvalue weighted by molar-refractivity contribution is 0.151. The van der Waals surface area contributed by atoms with Crippen LogP contribution in [0.2, 0.25) is 5.02 Å². The molecule has 0 saturated carbocycles. The van der Waals surface area contributed by atoms with Crippen LogP contribution in [0.4, 0.5) is 5.82 Å². The largest absolute Gasteiger partial charge is 0.491 e. The molecule has 2 aromatic rings. The monoisotopic (exact) mass is 349 g/mol. The quantitative estimate of drug-likeness (QED) is 0.697. The molecule has 0 aliphatic heterocycles. The van der Waals surface area contributed by atoms with E-state index in [2.05, 4.69) is 34.3 Å². The van der Waals surface area contributed by atoms with Gasteiger partial charge in [0.1, 0.15) is 29.5 Å². The summed E-state index contributed by atoms with van der Waals surface area (Å²) in [6.45, 7) is 8.55. The summed E-state index contributed by atoms with van der Waals surface area (Å²) in [6.07, 6.45) is 2.41. The molecule has 0 radical (unpaired) electrons. The van der Waals surface area contributed by atoms with Gasteiger partial charge in [0.25, 0.3) is 0 Å². The van der Waals surface area contributed by atoms with Crippen LogP contribution in [0.3, 0.4) is 0 Å². The third kappa shape index (κ3) is 5.35. The Morgan fingerprint density at radius 1 is 1.17 bits per heavy atom. The number of rotatable bonds is 9. The van der Waals surface area contributed by atoms with E-state index in [0.29, 0.717) is 24.0 Å². The first-order valence-corrected chi connectivity index (χ1v) is 8.50. The van der Waals surface area contributed by atoms with Gasteiger partial charge in [0.2, 0.25) is 0 Å². The summed E-state index contributed by atoms with van der Waals surface area (Å²) >= 11 is 6.15. The summed E-state index contributed by atoms with van der Waals surface area (Å²) in [7, 11) is 0. The van der Waals surface area contributed by atoms with Gasteiger partial charge in [-0.05, 0) is 44.4 Å². The molecule has 0 bridgehead atoms. The van der Waals surface area contributed by atoms with E-state index in [1.807, 2.05) is 19.9 Å². The number of hydrogen-bond donors (Lipinski definition) is 1. The van der Waals surface area contributed by atoms with Gasteiger partial charge in [-0.15, -0.1) is 0 Å². The summed E-state index contributed by atoms with van der Waals surface area (Å²) in [5, 5.41) is 3.71. The maximum absolute atomic E-state index is 6.15. The average molecular weight is 350 g/mol. The molecule has 0 fully saturated rings. The Bertz CT molecular complexity index is 665. The highest BCUT2D eigenvalue weighted by Gasteiger charge is 2.05. The molecule has 0 unspecified atom stereocenters. The van der Waals surface area contributed by atoms with Crippen molar-refractivity contribution < 1.29 is 9.47 Å². The predicted octanol–water partition coefficient (Wildman–Crippen LogP) is 3.82. The minimum absolute atomic E-state index is 0.526. The van der Waals surface area contributed by atoms with Crippen LogP contribution in [0.15, 0.2) is 24.5 Å². The Morgan fingerprint density at radius 3 is 2.75 bits per heavy atom. The molecule has 0 amide bonds. The SMILES string of the molecule is CCOCCc1ccc(OCCNc2ncnc(C)c2Cl)c(C)c1. The van der Waals surface area contributed by atoms with Gasteiger partial charge in [0.05, 0.1) is 18.8 Å². The molecule has 6 heteroatoms. The molecule has 1 N–H and O–H groups in total. The third-order valence-electron chi connectivity index (χ3n) is 3.59. The van der Waals surface area contributed by atoms with Crippen LogP contribution in [0.5, 0.6) is 5.75 Å². The first kappa shape index (κ1) is 18.5. The van der Waals surface area contributed by atoms with Crippen LogP contribution in [0.1, 0.15) is 23.7 Å². The smallest absolute Gasteiger partial charge is 0.148 e. The molecule has 5 nitrogen and oxygen atoms in total. The number of nitrogens with zero attached hydrogens (tertiary/aromatic N) is 2. The van der Waals surface area contributed by atoms with Gasteiger partial charge >= 0.3 is 0 Å². The van der Waals surface area contributed by atoms with E-state index in [-0.39, 0.29) is 0 Å². The molecule has 1 aromatic carbocycles. The number of aryl methyl sites for hydroxylation is 2. The number of nitrogens with one attached hydrogen (secondary N) is 1. The van der Waals surface area contributed by atoms with Gasteiger partial charge in [-0.25, -0.2) is 9.97 Å². The van der Waals surface area contributed by atoms with Crippen molar-refractivity contribution in [3.63, 3.8) is 0 Å². The summed E-state index contributed by atoms with van der Waals surface area (Å²) in [4.78, 5) is 8.17. The maximum Gasteiger partial charge on any atom is 0.148 e. The zero-order valence-corrected chi connectivity index (χ0v) is 15.2. The minimum atomic E-state index is 0.526. The van der Waals surface area contributed by atoms with Crippen molar-refractivity contribution in [3.05, 3.63) is 46.4 Å². The number of aromatic nitrogens is 2. The van der Waals surface area contributed by atoms with Gasteiger partial charge in [-0.3, -0.25) is 0 Å². The van der Waals surface area contributed by atoms with Crippen molar-refractivity contribution in [1.29, 1.82) is 0 Å². The summed E-state index contributed by atoms with van der Waals surface area (Å²) in [6, 6.07) is 6.24. The van der Waals surface area contributed by atoms with Crippen molar-refractivity contribution in [3.8, 4) is 5.75 Å². The van der Waals surface area contributed by atoms with Crippen LogP contribution >= 0.6 is 11.6 Å². The predicted molar refractivity (Wildman–Crippen MR) is 97.1 cm³/mol. The van der Waals surface area contributed by atoms with Gasteiger partial charge in [0, 0.05) is 6.61 Å². The number of anilines is 1. The number of halogens is 1. The molecule has 130 valence electrons. The molecule has 0 aliphatic carbocycles. The van der Waals surface area contributed by atoms with Crippen LogP contribution < -0.4 is 10.1 Å². The van der Waals surface area contributed by atoms with Gasteiger partial charge in [-0.1, -0.05) is 23.7 Å². The second kappa shape index (κ2) is 9.45. The average Bonchev–Trinajstić information content (AvgIpc) is 2.57. The molecular weight excluding hydrogens is 326 g/mol. The highest BCUT2D eigenvalue weighted by Crippen LogP contribution is 2.21. The van der Waals surface area contributed by atoms with E-state index >= 15 is 0 Å². The second-order valence-corrected chi connectivity index (χ2v) is 5.82. The molecule has 0 spiro atoms. The lowest BCUT2D eigenvalue weighted by atomic mass is 10.1. The Balaban J connectivity index is 1.80. The van der Waals surface area contributed by atoms with Crippen molar-refractivity contribution in [2.75, 3.05) is 31.7 Å². The fourth-order valence-corrected chi connectivity index (χ4v) is 2.44. The zero-order valence-electron chi connectivity index (χ0n) is 14.4. The summed E-state index contributed by atoms with van der Waals surface area (Å²) < 4.78 is 11.2. The highest BCUT2D eigenvalue weighted by atomic mass is 35.5. The third-order valence-corrected chi connectivity index (χ3v) is 4.05. The molecular formula is C18H24ClN3O2. The number of ether oxygens (including phenoxy) is 2. The minimum Gasteiger partial charge on any atom is -0.491 e. The molecule has 24 heavy (non-hydrogen) atoms. The number of benzene rings is 1. The van der Waals surface area contributed by atoms with Gasteiger partial charge < -0.3 is 14.8 Å². The van der Waals surface area contributed by atoms with Crippen molar-refractivity contribution >= 4 is 17.4 Å². The van der Waals surface area contributed by atoms with Crippen LogP contribution in [0, 0.1) is 13.8 Å². The van der Waals surface area contributed by atoms with E-state index in [1.54, 1.807) is 0 Å². The molecule has 1 aromatic heterocycles. The molecule has 0 saturated heterocycles. The molecule has 2 rings (SSSR count). The van der Waals surface area contributed by atoms with E-state index in [9.17, 15) is 0 Å². The summed E-state index contributed by atoms with van der Waals surface area (Å²) in [5.41, 5.74) is 3.14. The zero-order chi connectivity index (χ0) is 17.4. The van der Waals surface area contributed by atoms with Crippen LogP contribution in [-0.4, -0.2) is 36.3 Å². The fourth-order valence-electron chi connectivity index (χ4n) is 2.27. The van der Waals surface area contributed by atoms with Gasteiger partial charge in [-0.2, -0.15) is 0 Å². The van der Waals surface area contributed by atoms with E-state index < -0.39 is 0 Å². The molecule has 1 heterocycles. The van der Waals surface area contributed by atoms with E-state index in [4.69, 9.17) is 21.1 Å². The first-order valence-electron chi connectivity index (χ1n) is 8.12. The molecule has 0 aliphatic rings. The Kier molecular flexibility index (Phi) is 7.28. The Morgan fingerprint density at radius 2 is 2.00 bits per heavy atom.